The van der Waals surface area contributed by atoms with Gasteiger partial charge in [0.15, 0.2) is 17.3 Å². The van der Waals surface area contributed by atoms with Crippen molar-refractivity contribution in [3.8, 4) is 0 Å². The van der Waals surface area contributed by atoms with Gasteiger partial charge in [0, 0.05) is 57.7 Å². The number of carbonyl (C=O) groups is 1. The molecule has 2 aliphatic heterocycles. The normalized spacial score (nSPS) is 18.0. The van der Waals surface area contributed by atoms with Crippen molar-refractivity contribution in [2.75, 3.05) is 31.6 Å². The highest BCUT2D eigenvalue weighted by Gasteiger charge is 2.40. The molecule has 2 aliphatic rings. The number of aryl methyl sites for hydroxylation is 1. The molecule has 0 atom stereocenters. The van der Waals surface area contributed by atoms with Crippen molar-refractivity contribution in [3.05, 3.63) is 48.0 Å². The van der Waals surface area contributed by atoms with Crippen LogP contribution in [-0.4, -0.2) is 67.7 Å². The Labute approximate surface area is 179 Å². The number of anilines is 1. The predicted molar refractivity (Wildman–Crippen MR) is 111 cm³/mol. The lowest BCUT2D eigenvalue weighted by Gasteiger charge is -2.37. The Morgan fingerprint density at radius 3 is 2.74 bits per heavy atom. The second kappa shape index (κ2) is 8.56. The maximum atomic E-state index is 12.7. The number of amides is 1. The number of aromatic nitrogens is 5. The van der Waals surface area contributed by atoms with E-state index in [9.17, 15) is 4.79 Å². The second-order valence-electron chi connectivity index (χ2n) is 7.81. The summed E-state index contributed by atoms with van der Waals surface area (Å²) < 4.78 is 13.2. The van der Waals surface area contributed by atoms with E-state index in [4.69, 9.17) is 9.47 Å². The lowest BCUT2D eigenvalue weighted by Crippen LogP contribution is -2.47. The summed E-state index contributed by atoms with van der Waals surface area (Å²) in [4.78, 5) is 18.7. The highest BCUT2D eigenvalue weighted by atomic mass is 16.7. The van der Waals surface area contributed by atoms with E-state index in [0.717, 1.165) is 18.4 Å². The molecule has 0 saturated carbocycles. The molecule has 0 aliphatic carbocycles. The highest BCUT2D eigenvalue weighted by Crippen LogP contribution is 2.31. The first-order valence-corrected chi connectivity index (χ1v) is 10.6. The summed E-state index contributed by atoms with van der Waals surface area (Å²) in [6, 6.07) is 7.63. The van der Waals surface area contributed by atoms with Crippen LogP contribution in [0.3, 0.4) is 0 Å². The van der Waals surface area contributed by atoms with Crippen LogP contribution >= 0.6 is 0 Å². The average Bonchev–Trinajstić information content (AvgIpc) is 3.44. The third-order valence-electron chi connectivity index (χ3n) is 5.78. The van der Waals surface area contributed by atoms with Crippen LogP contribution in [0.4, 0.5) is 5.82 Å². The van der Waals surface area contributed by atoms with Crippen LogP contribution in [0.1, 0.15) is 30.7 Å². The molecule has 0 bridgehead atoms. The van der Waals surface area contributed by atoms with Gasteiger partial charge in [-0.2, -0.15) is 4.52 Å². The number of likely N-dealkylation sites (tertiary alicyclic amines) is 1. The number of pyridine rings is 1. The maximum Gasteiger partial charge on any atom is 0.223 e. The van der Waals surface area contributed by atoms with Crippen molar-refractivity contribution >= 4 is 17.4 Å². The molecule has 1 spiro atoms. The van der Waals surface area contributed by atoms with Gasteiger partial charge in [0.05, 0.1) is 13.2 Å². The van der Waals surface area contributed by atoms with Gasteiger partial charge in [-0.25, -0.2) is 0 Å². The first-order chi connectivity index (χ1) is 15.2. The molecule has 5 rings (SSSR count). The van der Waals surface area contributed by atoms with Gasteiger partial charge < -0.3 is 19.7 Å². The number of carbonyl (C=O) groups excluding carboxylic acids is 1. The fraction of sp³-hybridized carbons (Fsp3) is 0.476. The number of hydrogen-bond acceptors (Lipinski definition) is 8. The van der Waals surface area contributed by atoms with Crippen molar-refractivity contribution in [3.63, 3.8) is 0 Å². The summed E-state index contributed by atoms with van der Waals surface area (Å²) in [6.07, 6.45) is 5.85. The van der Waals surface area contributed by atoms with Crippen LogP contribution in [0, 0.1) is 0 Å². The summed E-state index contributed by atoms with van der Waals surface area (Å²) in [5, 5.41) is 16.3. The van der Waals surface area contributed by atoms with Gasteiger partial charge in [0.2, 0.25) is 5.91 Å². The Balaban J connectivity index is 1.19. The minimum absolute atomic E-state index is 0.107. The Hall–Kier alpha value is -3.11. The molecule has 3 aromatic rings. The van der Waals surface area contributed by atoms with Gasteiger partial charge in [-0.05, 0) is 23.8 Å². The monoisotopic (exact) mass is 423 g/mol. The topological polar surface area (TPSA) is 107 Å². The number of fused-ring (bicyclic) bond motifs is 1. The third kappa shape index (κ3) is 4.35. The largest absolute Gasteiger partial charge is 0.364 e. The van der Waals surface area contributed by atoms with E-state index in [-0.39, 0.29) is 5.91 Å². The van der Waals surface area contributed by atoms with E-state index >= 15 is 0 Å². The number of nitrogens with one attached hydrogen (secondary N) is 1. The highest BCUT2D eigenvalue weighted by molar-refractivity contribution is 5.76. The zero-order valence-corrected chi connectivity index (χ0v) is 17.2. The maximum absolute atomic E-state index is 12.7. The number of piperidine rings is 1. The zero-order chi connectivity index (χ0) is 21.1. The molecule has 5 heterocycles. The second-order valence-corrected chi connectivity index (χ2v) is 7.81. The molecule has 2 saturated heterocycles. The van der Waals surface area contributed by atoms with Gasteiger partial charge in [-0.1, -0.05) is 6.07 Å². The summed E-state index contributed by atoms with van der Waals surface area (Å²) in [7, 11) is 0. The van der Waals surface area contributed by atoms with E-state index in [0.29, 0.717) is 63.0 Å². The summed E-state index contributed by atoms with van der Waals surface area (Å²) in [5.41, 5.74) is 1.72. The summed E-state index contributed by atoms with van der Waals surface area (Å²) in [6.45, 7) is 3.20. The molecule has 10 heteroatoms. The van der Waals surface area contributed by atoms with E-state index in [1.54, 1.807) is 10.7 Å². The van der Waals surface area contributed by atoms with Crippen molar-refractivity contribution in [1.82, 2.24) is 29.7 Å². The first kappa shape index (κ1) is 19.8. The zero-order valence-electron chi connectivity index (χ0n) is 17.2. The standard InChI is InChI=1S/C21H25N7O3/c29-20(27-10-7-21(8-11-27)30-12-13-31-21)6-5-19-25-24-18-4-3-17(26-28(18)19)23-15-16-2-1-9-22-14-16/h1-4,9,14H,5-8,10-13,15H2,(H,23,26). The molecule has 10 nitrogen and oxygen atoms in total. The number of nitrogens with zero attached hydrogens (tertiary/aromatic N) is 6. The molecular weight excluding hydrogens is 398 g/mol. The lowest BCUT2D eigenvalue weighted by atomic mass is 10.0. The number of hydrogen-bond donors (Lipinski definition) is 1. The van der Waals surface area contributed by atoms with E-state index < -0.39 is 5.79 Å². The Bertz CT molecular complexity index is 1040. The van der Waals surface area contributed by atoms with Crippen LogP contribution < -0.4 is 5.32 Å². The molecule has 3 aromatic heterocycles. The fourth-order valence-electron chi connectivity index (χ4n) is 4.04. The van der Waals surface area contributed by atoms with E-state index in [1.807, 2.05) is 35.4 Å². The third-order valence-corrected chi connectivity index (χ3v) is 5.78. The Morgan fingerprint density at radius 2 is 1.97 bits per heavy atom. The molecule has 31 heavy (non-hydrogen) atoms. The molecule has 0 aromatic carbocycles. The number of rotatable bonds is 6. The van der Waals surface area contributed by atoms with E-state index in [2.05, 4.69) is 25.6 Å². The molecule has 0 unspecified atom stereocenters. The predicted octanol–water partition coefficient (Wildman–Crippen LogP) is 1.43. The van der Waals surface area contributed by atoms with Crippen LogP contribution in [0.15, 0.2) is 36.7 Å². The van der Waals surface area contributed by atoms with Crippen LogP contribution in [0.5, 0.6) is 0 Å². The minimum atomic E-state index is -0.469. The molecule has 1 amide bonds. The first-order valence-electron chi connectivity index (χ1n) is 10.6. The molecular formula is C21H25N7O3. The van der Waals surface area contributed by atoms with Crippen LogP contribution in [0.2, 0.25) is 0 Å². The smallest absolute Gasteiger partial charge is 0.223 e. The molecule has 0 radical (unpaired) electrons. The summed E-state index contributed by atoms with van der Waals surface area (Å²) in [5.74, 6) is 1.02. The minimum Gasteiger partial charge on any atom is -0.364 e. The summed E-state index contributed by atoms with van der Waals surface area (Å²) >= 11 is 0. The molecule has 2 fully saturated rings. The van der Waals surface area contributed by atoms with Crippen molar-refractivity contribution in [1.29, 1.82) is 0 Å². The lowest BCUT2D eigenvalue weighted by molar-refractivity contribution is -0.187. The quantitative estimate of drug-likeness (QED) is 0.635. The van der Waals surface area contributed by atoms with Gasteiger partial charge in [0.25, 0.3) is 0 Å². The van der Waals surface area contributed by atoms with Crippen molar-refractivity contribution < 1.29 is 14.3 Å². The van der Waals surface area contributed by atoms with Gasteiger partial charge >= 0.3 is 0 Å². The number of ether oxygens (including phenoxy) is 2. The average molecular weight is 423 g/mol. The van der Waals surface area contributed by atoms with Gasteiger partial charge in [-0.3, -0.25) is 9.78 Å². The Morgan fingerprint density at radius 1 is 1.13 bits per heavy atom. The van der Waals surface area contributed by atoms with Gasteiger partial charge in [-0.15, -0.1) is 15.3 Å². The van der Waals surface area contributed by atoms with Crippen LogP contribution in [-0.2, 0) is 27.2 Å². The molecule has 1 N–H and O–H groups in total. The van der Waals surface area contributed by atoms with Gasteiger partial charge in [0.1, 0.15) is 5.82 Å². The van der Waals surface area contributed by atoms with E-state index in [1.165, 1.54) is 0 Å². The Kier molecular flexibility index (Phi) is 5.47. The van der Waals surface area contributed by atoms with Crippen LogP contribution in [0.25, 0.3) is 5.65 Å². The fourth-order valence-corrected chi connectivity index (χ4v) is 4.04. The molecule has 162 valence electrons. The van der Waals surface area contributed by atoms with Crippen molar-refractivity contribution in [2.24, 2.45) is 0 Å². The van der Waals surface area contributed by atoms with Crippen molar-refractivity contribution in [2.45, 2.75) is 38.0 Å². The SMILES string of the molecule is O=C(CCc1nnc2ccc(NCc3cccnc3)nn12)N1CCC2(CC1)OCCO2.